The molecule has 0 saturated heterocycles. The van der Waals surface area contributed by atoms with Crippen molar-refractivity contribution in [3.05, 3.63) is 35.9 Å². The Balaban J connectivity index is 0.00000576. The van der Waals surface area contributed by atoms with Crippen LogP contribution in [0.2, 0.25) is 0 Å². The first kappa shape index (κ1) is 24.9. The zero-order valence-electron chi connectivity index (χ0n) is 17.0. The predicted molar refractivity (Wildman–Crippen MR) is 124 cm³/mol. The van der Waals surface area contributed by atoms with Gasteiger partial charge in [-0.05, 0) is 32.4 Å². The Kier molecular flexibility index (Phi) is 16.1. The van der Waals surface area contributed by atoms with Crippen molar-refractivity contribution in [1.29, 1.82) is 0 Å². The van der Waals surface area contributed by atoms with Gasteiger partial charge in [0.1, 0.15) is 0 Å². The maximum absolute atomic E-state index is 3.71. The van der Waals surface area contributed by atoms with Gasteiger partial charge in [-0.25, -0.2) is 0 Å². The van der Waals surface area contributed by atoms with E-state index >= 15 is 0 Å². The van der Waals surface area contributed by atoms with Gasteiger partial charge >= 0.3 is 0 Å². The molecule has 0 fully saturated rings. The highest BCUT2D eigenvalue weighted by molar-refractivity contribution is 14.0. The summed E-state index contributed by atoms with van der Waals surface area (Å²) in [5.41, 5.74) is 1.46. The van der Waals surface area contributed by atoms with Gasteiger partial charge < -0.3 is 5.32 Å². The van der Waals surface area contributed by atoms with Gasteiger partial charge in [0, 0.05) is 5.54 Å². The van der Waals surface area contributed by atoms with Crippen molar-refractivity contribution in [2.75, 3.05) is 6.54 Å². The molecule has 1 aromatic rings. The molecule has 0 bridgehead atoms. The van der Waals surface area contributed by atoms with Crippen LogP contribution in [0.4, 0.5) is 0 Å². The Bertz CT molecular complexity index is 388. The number of hydrogen-bond acceptors (Lipinski definition) is 1. The quantitative estimate of drug-likeness (QED) is 0.208. The number of hydrogen-bond donors (Lipinski definition) is 1. The van der Waals surface area contributed by atoms with Crippen molar-refractivity contribution in [3.8, 4) is 0 Å². The molecule has 0 amide bonds. The molecule has 146 valence electrons. The summed E-state index contributed by atoms with van der Waals surface area (Å²) in [5, 5.41) is 3.71. The van der Waals surface area contributed by atoms with E-state index in [4.69, 9.17) is 0 Å². The largest absolute Gasteiger partial charge is 0.308 e. The van der Waals surface area contributed by atoms with E-state index in [1.807, 2.05) is 0 Å². The predicted octanol–water partition coefficient (Wildman–Crippen LogP) is 7.83. The Morgan fingerprint density at radius 2 is 1.12 bits per heavy atom. The van der Waals surface area contributed by atoms with Gasteiger partial charge in [-0.15, -0.1) is 24.0 Å². The molecule has 0 heterocycles. The van der Waals surface area contributed by atoms with Crippen molar-refractivity contribution in [3.63, 3.8) is 0 Å². The normalized spacial score (nSPS) is 11.3. The summed E-state index contributed by atoms with van der Waals surface area (Å²) < 4.78 is 0. The van der Waals surface area contributed by atoms with Crippen LogP contribution >= 0.6 is 24.0 Å². The van der Waals surface area contributed by atoms with Gasteiger partial charge in [-0.2, -0.15) is 0 Å². The molecule has 0 radical (unpaired) electrons. The van der Waals surface area contributed by atoms with E-state index in [-0.39, 0.29) is 29.5 Å². The fourth-order valence-electron chi connectivity index (χ4n) is 3.32. The summed E-state index contributed by atoms with van der Waals surface area (Å²) in [5.74, 6) is 0. The first-order chi connectivity index (χ1) is 11.7. The SMILES string of the molecule is CCCCCCCCCCCCCCNC(C)(C)c1ccccc1.I. The average Bonchev–Trinajstić information content (AvgIpc) is 2.60. The van der Waals surface area contributed by atoms with E-state index < -0.39 is 0 Å². The zero-order valence-corrected chi connectivity index (χ0v) is 19.3. The lowest BCUT2D eigenvalue weighted by atomic mass is 9.94. The van der Waals surface area contributed by atoms with E-state index in [2.05, 4.69) is 56.4 Å². The third kappa shape index (κ3) is 12.8. The minimum atomic E-state index is 0. The van der Waals surface area contributed by atoms with Gasteiger partial charge in [0.15, 0.2) is 0 Å². The van der Waals surface area contributed by atoms with Crippen molar-refractivity contribution >= 4 is 24.0 Å². The third-order valence-corrected chi connectivity index (χ3v) is 5.09. The van der Waals surface area contributed by atoms with Gasteiger partial charge in [-0.1, -0.05) is 108 Å². The summed E-state index contributed by atoms with van der Waals surface area (Å²) >= 11 is 0. The third-order valence-electron chi connectivity index (χ3n) is 5.09. The second kappa shape index (κ2) is 16.1. The lowest BCUT2D eigenvalue weighted by molar-refractivity contribution is 0.394. The molecule has 1 rings (SSSR count). The standard InChI is InChI=1S/C23H41N.HI/c1-4-5-6-7-8-9-10-11-12-13-14-18-21-24-23(2,3)22-19-16-15-17-20-22;/h15-17,19-20,24H,4-14,18,21H2,1-3H3;1H. The summed E-state index contributed by atoms with van der Waals surface area (Å²) in [6.45, 7) is 7.98. The molecule has 1 aromatic carbocycles. The van der Waals surface area contributed by atoms with E-state index in [0.29, 0.717) is 0 Å². The van der Waals surface area contributed by atoms with Crippen LogP contribution in [-0.4, -0.2) is 6.54 Å². The minimum Gasteiger partial charge on any atom is -0.308 e. The monoisotopic (exact) mass is 459 g/mol. The van der Waals surface area contributed by atoms with Crippen LogP contribution < -0.4 is 5.32 Å². The van der Waals surface area contributed by atoms with E-state index in [9.17, 15) is 0 Å². The van der Waals surface area contributed by atoms with E-state index in [1.54, 1.807) is 0 Å². The first-order valence-electron chi connectivity index (χ1n) is 10.5. The Hall–Kier alpha value is -0.0900. The van der Waals surface area contributed by atoms with Crippen molar-refractivity contribution in [2.45, 2.75) is 103 Å². The van der Waals surface area contributed by atoms with Crippen LogP contribution in [0.15, 0.2) is 30.3 Å². The van der Waals surface area contributed by atoms with Crippen molar-refractivity contribution in [2.24, 2.45) is 0 Å². The molecule has 0 unspecified atom stereocenters. The van der Waals surface area contributed by atoms with Gasteiger partial charge in [0.2, 0.25) is 0 Å². The molecule has 0 spiro atoms. The Labute approximate surface area is 174 Å². The topological polar surface area (TPSA) is 12.0 Å². The molecule has 25 heavy (non-hydrogen) atoms. The number of benzene rings is 1. The van der Waals surface area contributed by atoms with Crippen molar-refractivity contribution in [1.82, 2.24) is 5.32 Å². The maximum atomic E-state index is 3.71. The highest BCUT2D eigenvalue weighted by atomic mass is 127. The molecule has 0 aliphatic heterocycles. The molecular weight excluding hydrogens is 417 g/mol. The summed E-state index contributed by atoms with van der Waals surface area (Å²) in [6.07, 6.45) is 17.0. The Morgan fingerprint density at radius 1 is 0.680 bits per heavy atom. The number of rotatable bonds is 15. The van der Waals surface area contributed by atoms with Crippen LogP contribution in [0, 0.1) is 0 Å². The second-order valence-corrected chi connectivity index (χ2v) is 7.81. The van der Waals surface area contributed by atoms with E-state index in [1.165, 1.54) is 82.6 Å². The lowest BCUT2D eigenvalue weighted by Crippen LogP contribution is -2.37. The number of unbranched alkanes of at least 4 members (excludes halogenated alkanes) is 11. The molecule has 0 aliphatic carbocycles. The van der Waals surface area contributed by atoms with Gasteiger partial charge in [0.05, 0.1) is 0 Å². The molecule has 0 aliphatic rings. The van der Waals surface area contributed by atoms with Crippen LogP contribution in [0.25, 0.3) is 0 Å². The van der Waals surface area contributed by atoms with Crippen molar-refractivity contribution < 1.29 is 0 Å². The molecular formula is C23H42IN. The average molecular weight is 459 g/mol. The van der Waals surface area contributed by atoms with Crippen LogP contribution in [0.5, 0.6) is 0 Å². The molecule has 0 aromatic heterocycles. The zero-order chi connectivity index (χ0) is 17.5. The smallest absolute Gasteiger partial charge is 0.0377 e. The molecule has 2 heteroatoms. The van der Waals surface area contributed by atoms with Gasteiger partial charge in [0.25, 0.3) is 0 Å². The lowest BCUT2D eigenvalue weighted by Gasteiger charge is -2.27. The molecule has 0 saturated carbocycles. The highest BCUT2D eigenvalue weighted by Gasteiger charge is 2.18. The Morgan fingerprint density at radius 3 is 1.60 bits per heavy atom. The summed E-state index contributed by atoms with van der Waals surface area (Å²) in [4.78, 5) is 0. The van der Waals surface area contributed by atoms with Gasteiger partial charge in [-0.3, -0.25) is 0 Å². The van der Waals surface area contributed by atoms with Crippen LogP contribution in [0.3, 0.4) is 0 Å². The first-order valence-corrected chi connectivity index (χ1v) is 10.5. The van der Waals surface area contributed by atoms with E-state index in [0.717, 1.165) is 6.54 Å². The van der Waals surface area contributed by atoms with Crippen LogP contribution in [-0.2, 0) is 5.54 Å². The fourth-order valence-corrected chi connectivity index (χ4v) is 3.32. The maximum Gasteiger partial charge on any atom is 0.0377 e. The number of nitrogens with one attached hydrogen (secondary N) is 1. The highest BCUT2D eigenvalue weighted by Crippen LogP contribution is 2.19. The minimum absolute atomic E-state index is 0. The molecule has 1 nitrogen and oxygen atoms in total. The number of halogens is 1. The second-order valence-electron chi connectivity index (χ2n) is 7.81. The fraction of sp³-hybridized carbons (Fsp3) is 0.739. The summed E-state index contributed by atoms with van der Waals surface area (Å²) in [7, 11) is 0. The summed E-state index contributed by atoms with van der Waals surface area (Å²) in [6, 6.07) is 10.8. The molecule has 0 atom stereocenters. The van der Waals surface area contributed by atoms with Crippen LogP contribution in [0.1, 0.15) is 103 Å². The molecule has 1 N–H and O–H groups in total.